The molecule has 2 heterocycles. The molecule has 5 heteroatoms. The van der Waals surface area contributed by atoms with E-state index in [9.17, 15) is 4.79 Å². The molecule has 0 aliphatic carbocycles. The molecule has 5 nitrogen and oxygen atoms in total. The van der Waals surface area contributed by atoms with Crippen LogP contribution in [0, 0.1) is 13.8 Å². The molecule has 0 radical (unpaired) electrons. The second-order valence-electron chi connectivity index (χ2n) is 3.16. The Morgan fingerprint density at radius 2 is 2.00 bits per heavy atom. The molecular formula is C9H10N4O. The Labute approximate surface area is 80.2 Å². The first-order valence-electron chi connectivity index (χ1n) is 4.22. The first-order chi connectivity index (χ1) is 6.59. The average Bonchev–Trinajstić information content (AvgIpc) is 2.10. The quantitative estimate of drug-likeness (QED) is 0.648. The molecule has 0 aliphatic heterocycles. The molecular weight excluding hydrogens is 180 g/mol. The summed E-state index contributed by atoms with van der Waals surface area (Å²) in [5.41, 5.74) is 7.39. The van der Waals surface area contributed by atoms with Gasteiger partial charge in [-0.2, -0.15) is 9.97 Å². The molecule has 0 bridgehead atoms. The van der Waals surface area contributed by atoms with Crippen LogP contribution in [0.5, 0.6) is 0 Å². The molecule has 72 valence electrons. The largest absolute Gasteiger partial charge is 0.368 e. The lowest BCUT2D eigenvalue weighted by atomic mass is 10.2. The van der Waals surface area contributed by atoms with Crippen molar-refractivity contribution in [1.29, 1.82) is 0 Å². The van der Waals surface area contributed by atoms with Crippen LogP contribution in [0.15, 0.2) is 16.9 Å². The van der Waals surface area contributed by atoms with Crippen LogP contribution in [0.25, 0.3) is 5.65 Å². The minimum Gasteiger partial charge on any atom is -0.368 e. The van der Waals surface area contributed by atoms with Gasteiger partial charge in [-0.05, 0) is 25.5 Å². The Hall–Kier alpha value is -1.91. The summed E-state index contributed by atoms with van der Waals surface area (Å²) in [7, 11) is 0. The van der Waals surface area contributed by atoms with Crippen LogP contribution < -0.4 is 11.4 Å². The topological polar surface area (TPSA) is 73.3 Å². The summed E-state index contributed by atoms with van der Waals surface area (Å²) in [5, 5.41) is 0. The fraction of sp³-hybridized carbons (Fsp3) is 0.222. The normalized spacial score (nSPS) is 10.7. The first-order valence-corrected chi connectivity index (χ1v) is 4.22. The lowest BCUT2D eigenvalue weighted by Crippen LogP contribution is -2.22. The van der Waals surface area contributed by atoms with Crippen molar-refractivity contribution >= 4 is 11.6 Å². The number of nitrogens with zero attached hydrogens (tertiary/aromatic N) is 3. The van der Waals surface area contributed by atoms with Crippen molar-refractivity contribution in [2.75, 3.05) is 5.73 Å². The number of aromatic nitrogens is 3. The van der Waals surface area contributed by atoms with Crippen LogP contribution in [-0.2, 0) is 0 Å². The molecule has 0 spiro atoms. The van der Waals surface area contributed by atoms with Gasteiger partial charge >= 0.3 is 5.69 Å². The maximum absolute atomic E-state index is 11.5. The van der Waals surface area contributed by atoms with E-state index >= 15 is 0 Å². The summed E-state index contributed by atoms with van der Waals surface area (Å²) in [6.45, 7) is 3.78. The Morgan fingerprint density at radius 3 is 2.71 bits per heavy atom. The highest BCUT2D eigenvalue weighted by Gasteiger charge is 2.04. The van der Waals surface area contributed by atoms with E-state index in [0.717, 1.165) is 11.3 Å². The number of fused-ring (bicyclic) bond motifs is 1. The van der Waals surface area contributed by atoms with Gasteiger partial charge in [-0.3, -0.25) is 0 Å². The van der Waals surface area contributed by atoms with Crippen molar-refractivity contribution in [3.63, 3.8) is 0 Å². The molecule has 2 aromatic rings. The van der Waals surface area contributed by atoms with Crippen molar-refractivity contribution in [3.05, 3.63) is 33.9 Å². The maximum Gasteiger partial charge on any atom is 0.356 e. The maximum atomic E-state index is 11.5. The fourth-order valence-electron chi connectivity index (χ4n) is 1.36. The van der Waals surface area contributed by atoms with Crippen molar-refractivity contribution in [1.82, 2.24) is 14.4 Å². The van der Waals surface area contributed by atoms with Gasteiger partial charge in [0.05, 0.1) is 0 Å². The first kappa shape index (κ1) is 8.68. The van der Waals surface area contributed by atoms with Gasteiger partial charge in [0.1, 0.15) is 5.65 Å². The van der Waals surface area contributed by atoms with Crippen molar-refractivity contribution in [2.24, 2.45) is 0 Å². The Kier molecular flexibility index (Phi) is 1.73. The number of nitrogens with two attached hydrogens (primary N) is 1. The summed E-state index contributed by atoms with van der Waals surface area (Å²) in [6, 6.07) is 3.65. The zero-order valence-electron chi connectivity index (χ0n) is 7.98. The highest BCUT2D eigenvalue weighted by Crippen LogP contribution is 2.07. The van der Waals surface area contributed by atoms with Gasteiger partial charge in [0.25, 0.3) is 0 Å². The lowest BCUT2D eigenvalue weighted by Gasteiger charge is -2.05. The molecule has 14 heavy (non-hydrogen) atoms. The molecule has 0 saturated heterocycles. The number of nitrogen functional groups attached to an aromatic ring is 1. The third-order valence-corrected chi connectivity index (χ3v) is 2.25. The van der Waals surface area contributed by atoms with E-state index in [2.05, 4.69) is 9.97 Å². The summed E-state index contributed by atoms with van der Waals surface area (Å²) < 4.78 is 1.45. The number of pyridine rings is 1. The number of hydrogen-bond donors (Lipinski definition) is 1. The molecule has 2 N–H and O–H groups in total. The number of hydrogen-bond acceptors (Lipinski definition) is 4. The van der Waals surface area contributed by atoms with Crippen LogP contribution in [0.2, 0.25) is 0 Å². The molecule has 2 aromatic heterocycles. The zero-order valence-corrected chi connectivity index (χ0v) is 7.98. The molecule has 2 rings (SSSR count). The van der Waals surface area contributed by atoms with Crippen LogP contribution in [-0.4, -0.2) is 14.4 Å². The predicted molar refractivity (Wildman–Crippen MR) is 53.1 cm³/mol. The van der Waals surface area contributed by atoms with Gasteiger partial charge in [0, 0.05) is 5.69 Å². The van der Waals surface area contributed by atoms with Crippen LogP contribution >= 0.6 is 0 Å². The van der Waals surface area contributed by atoms with E-state index in [0.29, 0.717) is 5.65 Å². The van der Waals surface area contributed by atoms with Gasteiger partial charge < -0.3 is 5.73 Å². The molecule has 0 atom stereocenters. The van der Waals surface area contributed by atoms with Crippen molar-refractivity contribution in [3.8, 4) is 0 Å². The predicted octanol–water partition coefficient (Wildman–Crippen LogP) is 0.289. The minimum absolute atomic E-state index is 0.0123. The van der Waals surface area contributed by atoms with Crippen LogP contribution in [0.3, 0.4) is 0 Å². The van der Waals surface area contributed by atoms with Crippen LogP contribution in [0.4, 0.5) is 5.95 Å². The number of anilines is 1. The highest BCUT2D eigenvalue weighted by molar-refractivity contribution is 5.44. The summed E-state index contributed by atoms with van der Waals surface area (Å²) in [5.74, 6) is 0.0123. The van der Waals surface area contributed by atoms with Gasteiger partial charge in [0.2, 0.25) is 5.95 Å². The number of aryl methyl sites for hydroxylation is 2. The molecule has 0 aliphatic rings. The van der Waals surface area contributed by atoms with E-state index in [-0.39, 0.29) is 11.6 Å². The van der Waals surface area contributed by atoms with Crippen LogP contribution in [0.1, 0.15) is 11.3 Å². The molecule has 0 unspecified atom stereocenters. The Bertz CT molecular complexity index is 558. The second-order valence-corrected chi connectivity index (χ2v) is 3.16. The van der Waals surface area contributed by atoms with Gasteiger partial charge in [-0.25, -0.2) is 9.20 Å². The van der Waals surface area contributed by atoms with Crippen molar-refractivity contribution in [2.45, 2.75) is 13.8 Å². The monoisotopic (exact) mass is 190 g/mol. The lowest BCUT2D eigenvalue weighted by molar-refractivity contribution is 0.907. The van der Waals surface area contributed by atoms with E-state index in [4.69, 9.17) is 5.73 Å². The molecule has 0 aromatic carbocycles. The smallest absolute Gasteiger partial charge is 0.356 e. The third kappa shape index (κ3) is 1.14. The number of rotatable bonds is 0. The minimum atomic E-state index is -0.381. The molecule has 0 amide bonds. The Balaban J connectivity index is 3.03. The average molecular weight is 190 g/mol. The SMILES string of the molecule is Cc1ccc2nc(N)nc(=O)n2c1C. The van der Waals surface area contributed by atoms with E-state index in [1.54, 1.807) is 6.07 Å². The Morgan fingerprint density at radius 1 is 1.29 bits per heavy atom. The van der Waals surface area contributed by atoms with E-state index < -0.39 is 0 Å². The highest BCUT2D eigenvalue weighted by atomic mass is 16.1. The van der Waals surface area contributed by atoms with E-state index in [1.807, 2.05) is 19.9 Å². The fourth-order valence-corrected chi connectivity index (χ4v) is 1.36. The van der Waals surface area contributed by atoms with Gasteiger partial charge in [-0.1, -0.05) is 6.07 Å². The standard InChI is InChI=1S/C9H10N4O/c1-5-3-4-7-11-8(10)12-9(14)13(7)6(5)2/h3-4H,1-2H3,(H2,10,12,14). The molecule has 0 saturated carbocycles. The summed E-state index contributed by atoms with van der Waals surface area (Å²) >= 11 is 0. The summed E-state index contributed by atoms with van der Waals surface area (Å²) in [6.07, 6.45) is 0. The third-order valence-electron chi connectivity index (χ3n) is 2.25. The van der Waals surface area contributed by atoms with Gasteiger partial charge in [-0.15, -0.1) is 0 Å². The summed E-state index contributed by atoms with van der Waals surface area (Å²) in [4.78, 5) is 19.1. The van der Waals surface area contributed by atoms with Crippen molar-refractivity contribution < 1.29 is 0 Å². The second kappa shape index (κ2) is 2.80. The van der Waals surface area contributed by atoms with Gasteiger partial charge in [0.15, 0.2) is 0 Å². The zero-order chi connectivity index (χ0) is 10.3. The molecule has 0 fully saturated rings. The van der Waals surface area contributed by atoms with E-state index in [1.165, 1.54) is 4.40 Å².